The predicted molar refractivity (Wildman–Crippen MR) is 93.4 cm³/mol. The molecule has 23 heavy (non-hydrogen) atoms. The molecule has 0 bridgehead atoms. The van der Waals surface area contributed by atoms with Gasteiger partial charge in [0, 0.05) is 10.6 Å². The van der Waals surface area contributed by atoms with Gasteiger partial charge in [-0.25, -0.2) is 0 Å². The Balaban J connectivity index is 2.30. The maximum atomic E-state index is 12.8. The first kappa shape index (κ1) is 15.4. The lowest BCUT2D eigenvalue weighted by atomic mass is 10.1. The minimum atomic E-state index is -0.196. The molecular weight excluding hydrogens is 312 g/mol. The summed E-state index contributed by atoms with van der Waals surface area (Å²) in [5.41, 5.74) is 2.08. The molecule has 0 spiro atoms. The van der Waals surface area contributed by atoms with Gasteiger partial charge in [-0.15, -0.1) is 0 Å². The third kappa shape index (κ3) is 3.01. The van der Waals surface area contributed by atoms with Crippen molar-refractivity contribution in [1.29, 1.82) is 0 Å². The van der Waals surface area contributed by atoms with Gasteiger partial charge in [-0.3, -0.25) is 4.79 Å². The second-order valence-electron chi connectivity index (χ2n) is 5.20. The number of fused-ring (bicyclic) bond motifs is 1. The van der Waals surface area contributed by atoms with Gasteiger partial charge in [-0.2, -0.15) is 0 Å². The van der Waals surface area contributed by atoms with Crippen LogP contribution in [-0.4, -0.2) is 6.61 Å². The highest BCUT2D eigenvalue weighted by Crippen LogP contribution is 2.31. The van der Waals surface area contributed by atoms with Crippen molar-refractivity contribution in [3.63, 3.8) is 0 Å². The van der Waals surface area contributed by atoms with Crippen molar-refractivity contribution >= 4 is 22.6 Å². The Hall–Kier alpha value is -2.52. The maximum absolute atomic E-state index is 12.8. The Morgan fingerprint density at radius 1 is 1.22 bits per heavy atom. The highest BCUT2D eigenvalue weighted by molar-refractivity contribution is 6.30. The second-order valence-corrected chi connectivity index (χ2v) is 5.63. The third-order valence-corrected chi connectivity index (χ3v) is 3.71. The molecule has 0 aliphatic heterocycles. The number of aryl methyl sites for hydroxylation is 1. The smallest absolute Gasteiger partial charge is 0.235 e. The quantitative estimate of drug-likeness (QED) is 0.634. The van der Waals surface area contributed by atoms with E-state index in [0.29, 0.717) is 21.8 Å². The highest BCUT2D eigenvalue weighted by atomic mass is 35.5. The lowest BCUT2D eigenvalue weighted by Gasteiger charge is -2.11. The molecule has 0 fully saturated rings. The van der Waals surface area contributed by atoms with Gasteiger partial charge in [0.05, 0.1) is 5.39 Å². The Kier molecular flexibility index (Phi) is 4.22. The van der Waals surface area contributed by atoms with E-state index in [0.717, 1.165) is 11.1 Å². The molecule has 3 aromatic rings. The van der Waals surface area contributed by atoms with E-state index < -0.39 is 0 Å². The molecule has 0 amide bonds. The normalized spacial score (nSPS) is 10.7. The van der Waals surface area contributed by atoms with Crippen LogP contribution in [0.2, 0.25) is 5.02 Å². The molecule has 0 saturated carbocycles. The lowest BCUT2D eigenvalue weighted by Crippen LogP contribution is -2.10. The summed E-state index contributed by atoms with van der Waals surface area (Å²) >= 11 is 5.93. The summed E-state index contributed by atoms with van der Waals surface area (Å²) in [5.74, 6) is 0.579. The Labute approximate surface area is 138 Å². The number of rotatable bonds is 4. The van der Waals surface area contributed by atoms with E-state index in [1.54, 1.807) is 36.4 Å². The van der Waals surface area contributed by atoms with Crippen molar-refractivity contribution in [2.75, 3.05) is 6.61 Å². The van der Waals surface area contributed by atoms with Crippen molar-refractivity contribution in [1.82, 2.24) is 0 Å². The summed E-state index contributed by atoms with van der Waals surface area (Å²) in [6.07, 6.45) is 1.59. The van der Waals surface area contributed by atoms with Gasteiger partial charge < -0.3 is 9.15 Å². The van der Waals surface area contributed by atoms with E-state index in [1.165, 1.54) is 0 Å². The maximum Gasteiger partial charge on any atom is 0.235 e. The first-order chi connectivity index (χ1) is 11.1. The van der Waals surface area contributed by atoms with Crippen LogP contribution in [0.3, 0.4) is 0 Å². The first-order valence-electron chi connectivity index (χ1n) is 7.17. The first-order valence-corrected chi connectivity index (χ1v) is 7.55. The van der Waals surface area contributed by atoms with E-state index in [4.69, 9.17) is 20.8 Å². The molecule has 0 radical (unpaired) electrons. The van der Waals surface area contributed by atoms with Crippen molar-refractivity contribution in [3.8, 4) is 17.1 Å². The molecule has 0 unspecified atom stereocenters. The fourth-order valence-corrected chi connectivity index (χ4v) is 2.47. The predicted octanol–water partition coefficient (Wildman–Crippen LogP) is 4.99. The van der Waals surface area contributed by atoms with E-state index >= 15 is 0 Å². The molecule has 0 saturated heterocycles. The molecule has 3 rings (SSSR count). The summed E-state index contributed by atoms with van der Waals surface area (Å²) in [4.78, 5) is 12.8. The number of ether oxygens (including phenoxy) is 1. The number of halogens is 1. The number of benzene rings is 2. The van der Waals surface area contributed by atoms with Crippen LogP contribution in [0.1, 0.15) is 5.56 Å². The van der Waals surface area contributed by atoms with Gasteiger partial charge in [0.1, 0.15) is 12.2 Å². The molecule has 2 aromatic carbocycles. The van der Waals surface area contributed by atoms with Crippen LogP contribution < -0.4 is 10.2 Å². The Morgan fingerprint density at radius 2 is 1.96 bits per heavy atom. The van der Waals surface area contributed by atoms with Gasteiger partial charge in [0.25, 0.3) is 0 Å². The van der Waals surface area contributed by atoms with Crippen LogP contribution in [0.4, 0.5) is 0 Å². The number of hydrogen-bond donors (Lipinski definition) is 0. The largest absolute Gasteiger partial charge is 0.482 e. The zero-order valence-electron chi connectivity index (χ0n) is 12.6. The van der Waals surface area contributed by atoms with Crippen molar-refractivity contribution < 1.29 is 9.15 Å². The van der Waals surface area contributed by atoms with Crippen LogP contribution in [0.25, 0.3) is 22.3 Å². The standard InChI is InChI=1S/C19H15ClO3/c1-3-10-22-19-17(21)15-9-4-12(2)11-16(15)23-18(19)13-5-7-14(20)8-6-13/h3-9,11H,1,10H2,2H3. The Morgan fingerprint density at radius 3 is 2.65 bits per heavy atom. The van der Waals surface area contributed by atoms with Crippen molar-refractivity contribution in [2.45, 2.75) is 6.92 Å². The van der Waals surface area contributed by atoms with Crippen LogP contribution in [-0.2, 0) is 0 Å². The minimum Gasteiger partial charge on any atom is -0.482 e. The van der Waals surface area contributed by atoms with E-state index in [9.17, 15) is 4.79 Å². The third-order valence-electron chi connectivity index (χ3n) is 3.46. The zero-order chi connectivity index (χ0) is 16.4. The molecule has 4 heteroatoms. The Bertz CT molecular complexity index is 924. The van der Waals surface area contributed by atoms with Crippen molar-refractivity contribution in [2.24, 2.45) is 0 Å². The molecule has 0 atom stereocenters. The van der Waals surface area contributed by atoms with E-state index in [1.807, 2.05) is 19.1 Å². The van der Waals surface area contributed by atoms with Gasteiger partial charge in [0.2, 0.25) is 11.2 Å². The molecule has 0 aliphatic carbocycles. The fourth-order valence-electron chi connectivity index (χ4n) is 2.35. The molecule has 0 N–H and O–H groups in total. The topological polar surface area (TPSA) is 39.4 Å². The van der Waals surface area contributed by atoms with Gasteiger partial charge in [-0.1, -0.05) is 30.3 Å². The van der Waals surface area contributed by atoms with E-state index in [2.05, 4.69) is 6.58 Å². The molecular formula is C19H15ClO3. The van der Waals surface area contributed by atoms with E-state index in [-0.39, 0.29) is 17.8 Å². The van der Waals surface area contributed by atoms with Gasteiger partial charge in [0.15, 0.2) is 5.76 Å². The lowest BCUT2D eigenvalue weighted by molar-refractivity contribution is 0.351. The highest BCUT2D eigenvalue weighted by Gasteiger charge is 2.17. The summed E-state index contributed by atoms with van der Waals surface area (Å²) in [6, 6.07) is 12.5. The average molecular weight is 327 g/mol. The van der Waals surface area contributed by atoms with Gasteiger partial charge in [-0.05, 0) is 48.9 Å². The molecule has 1 heterocycles. The summed E-state index contributed by atoms with van der Waals surface area (Å²) in [5, 5.41) is 1.11. The van der Waals surface area contributed by atoms with Crippen LogP contribution >= 0.6 is 11.6 Å². The fraction of sp³-hybridized carbons (Fsp3) is 0.105. The SMILES string of the molecule is C=CCOc1c(-c2ccc(Cl)cc2)oc2cc(C)ccc2c1=O. The monoisotopic (exact) mass is 326 g/mol. The zero-order valence-corrected chi connectivity index (χ0v) is 13.4. The number of hydrogen-bond acceptors (Lipinski definition) is 3. The van der Waals surface area contributed by atoms with Gasteiger partial charge >= 0.3 is 0 Å². The summed E-state index contributed by atoms with van der Waals surface area (Å²) in [7, 11) is 0. The second kappa shape index (κ2) is 6.31. The molecule has 116 valence electrons. The average Bonchev–Trinajstić information content (AvgIpc) is 2.54. The van der Waals surface area contributed by atoms with Crippen molar-refractivity contribution in [3.05, 3.63) is 75.9 Å². The molecule has 0 aliphatic rings. The van der Waals surface area contributed by atoms with Crippen LogP contribution in [0.5, 0.6) is 5.75 Å². The summed E-state index contributed by atoms with van der Waals surface area (Å²) in [6.45, 7) is 5.79. The minimum absolute atomic E-state index is 0.184. The summed E-state index contributed by atoms with van der Waals surface area (Å²) < 4.78 is 11.6. The molecule has 1 aromatic heterocycles. The molecule has 3 nitrogen and oxygen atoms in total. The van der Waals surface area contributed by atoms with Crippen LogP contribution in [0.15, 0.2) is 64.3 Å². The van der Waals surface area contributed by atoms with Crippen LogP contribution in [0, 0.1) is 6.92 Å².